The van der Waals surface area contributed by atoms with Gasteiger partial charge in [-0.2, -0.15) is 4.37 Å². The van der Waals surface area contributed by atoms with Gasteiger partial charge in [0.05, 0.1) is 35.4 Å². The molecular weight excluding hydrogens is 660 g/mol. The van der Waals surface area contributed by atoms with E-state index in [0.29, 0.717) is 35.8 Å². The summed E-state index contributed by atoms with van der Waals surface area (Å²) in [6.45, 7) is 24.2. The number of hydrogen-bond donors (Lipinski definition) is 1. The summed E-state index contributed by atoms with van der Waals surface area (Å²) in [6, 6.07) is 13.3. The predicted molar refractivity (Wildman–Crippen MR) is 198 cm³/mol. The van der Waals surface area contributed by atoms with Crippen molar-refractivity contribution >= 4 is 39.9 Å². The average Bonchev–Trinajstić information content (AvgIpc) is 3.72. The van der Waals surface area contributed by atoms with E-state index in [0.717, 1.165) is 17.7 Å². The first-order chi connectivity index (χ1) is 22.2. The number of aromatic nitrogens is 1. The van der Waals surface area contributed by atoms with Gasteiger partial charge < -0.3 is 18.9 Å². The molecule has 11 heteroatoms. The Morgan fingerprint density at radius 3 is 1.98 bits per heavy atom. The molecule has 1 heterocycles. The number of nitrogens with one attached hydrogen (secondary N) is 1. The second-order valence-corrected chi connectivity index (χ2v) is 26.5. The third-order valence-corrected chi connectivity index (χ3v) is 20.0. The van der Waals surface area contributed by atoms with Crippen LogP contribution in [0.1, 0.15) is 93.0 Å². The molecule has 0 spiro atoms. The van der Waals surface area contributed by atoms with Crippen LogP contribution in [0.15, 0.2) is 48.5 Å². The summed E-state index contributed by atoms with van der Waals surface area (Å²) in [5.74, 6) is -0.0976. The number of hydrogen-bond acceptors (Lipinski definition) is 7. The number of nitrogens with zero attached hydrogens (tertiary/aromatic N) is 1. The van der Waals surface area contributed by atoms with E-state index >= 15 is 4.39 Å². The van der Waals surface area contributed by atoms with Crippen LogP contribution in [-0.2, 0) is 8.85 Å². The maximum atomic E-state index is 15.5. The number of amides is 1. The van der Waals surface area contributed by atoms with E-state index in [4.69, 9.17) is 13.6 Å². The van der Waals surface area contributed by atoms with E-state index in [1.807, 2.05) is 37.3 Å². The minimum atomic E-state index is -2.10. The van der Waals surface area contributed by atoms with Crippen LogP contribution >= 0.6 is 11.5 Å². The number of ether oxygens (including phenoxy) is 1. The second-order valence-electron chi connectivity index (χ2n) is 16.0. The minimum Gasteiger partial charge on any atom is -0.485 e. The van der Waals surface area contributed by atoms with Crippen molar-refractivity contribution in [1.82, 2.24) is 9.69 Å². The van der Waals surface area contributed by atoms with Gasteiger partial charge >= 0.3 is 0 Å². The summed E-state index contributed by atoms with van der Waals surface area (Å²) in [5.41, 5.74) is 1.84. The Bertz CT molecular complexity index is 1560. The van der Waals surface area contributed by atoms with E-state index in [-0.39, 0.29) is 33.4 Å². The van der Waals surface area contributed by atoms with E-state index in [1.54, 1.807) is 6.07 Å². The van der Waals surface area contributed by atoms with Gasteiger partial charge in [-0.15, -0.1) is 0 Å². The number of Topliss-reactive ketones (excluding diaryl/α,β-unsaturated/α-hetero) is 1. The molecule has 1 amide bonds. The highest BCUT2D eigenvalue weighted by molar-refractivity contribution is 7.06. The summed E-state index contributed by atoms with van der Waals surface area (Å²) in [7, 11) is -4.20. The second kappa shape index (κ2) is 14.6. The molecule has 4 rings (SSSR count). The first-order valence-corrected chi connectivity index (χ1v) is 23.4. The zero-order chi connectivity index (χ0) is 35.7. The van der Waals surface area contributed by atoms with Gasteiger partial charge in [-0.05, 0) is 110 Å². The van der Waals surface area contributed by atoms with E-state index in [1.165, 1.54) is 23.7 Å². The van der Waals surface area contributed by atoms with Crippen molar-refractivity contribution in [2.75, 3.05) is 13.2 Å². The van der Waals surface area contributed by atoms with Crippen molar-refractivity contribution in [1.29, 1.82) is 0 Å². The summed E-state index contributed by atoms with van der Waals surface area (Å²) < 4.78 is 39.1. The standard InChI is InChI=1S/C37H53FN2O5SSi2/c1-24(45-29-17-14-26(15-18-29)34(41)25-12-13-25)33-21-32(40-46-33)27-16-19-30(31(38)20-27)35(42)39-28(22-43-47(8,9)36(2,3)4)23-44-48(10,11)37(5,6)7/h14-21,24-25,28H,12-13,22-23H2,1-11H3,(H,39,42). The molecule has 7 nitrogen and oxygen atoms in total. The smallest absolute Gasteiger partial charge is 0.254 e. The number of rotatable bonds is 14. The highest BCUT2D eigenvalue weighted by Crippen LogP contribution is 2.38. The molecule has 1 aliphatic carbocycles. The molecule has 0 aliphatic heterocycles. The Hall–Kier alpha value is -2.71. The molecule has 3 aromatic rings. The summed E-state index contributed by atoms with van der Waals surface area (Å²) >= 11 is 1.28. The lowest BCUT2D eigenvalue weighted by Crippen LogP contribution is -2.50. The Labute approximate surface area is 292 Å². The minimum absolute atomic E-state index is 0.00555. The Morgan fingerprint density at radius 1 is 0.917 bits per heavy atom. The van der Waals surface area contributed by atoms with Crippen molar-refractivity contribution in [3.8, 4) is 17.0 Å². The molecule has 2 aromatic carbocycles. The molecule has 1 aliphatic rings. The molecule has 48 heavy (non-hydrogen) atoms. The normalized spacial score (nSPS) is 15.0. The molecule has 1 atom stereocenters. The largest absolute Gasteiger partial charge is 0.485 e. The Balaban J connectivity index is 1.43. The third kappa shape index (κ3) is 9.50. The molecule has 1 fully saturated rings. The van der Waals surface area contributed by atoms with Crippen molar-refractivity contribution in [3.05, 3.63) is 70.4 Å². The van der Waals surface area contributed by atoms with Crippen LogP contribution in [-0.4, -0.2) is 52.0 Å². The zero-order valence-electron chi connectivity index (χ0n) is 30.5. The number of ketones is 1. The molecule has 1 saturated carbocycles. The van der Waals surface area contributed by atoms with E-state index in [2.05, 4.69) is 77.4 Å². The highest BCUT2D eigenvalue weighted by Gasteiger charge is 2.40. The Morgan fingerprint density at radius 2 is 1.48 bits per heavy atom. The summed E-state index contributed by atoms with van der Waals surface area (Å²) in [4.78, 5) is 26.6. The fourth-order valence-electron chi connectivity index (χ4n) is 4.46. The van der Waals surface area contributed by atoms with Crippen LogP contribution in [0, 0.1) is 11.7 Å². The van der Waals surface area contributed by atoms with Gasteiger partial charge in [-0.25, -0.2) is 4.39 Å². The Kier molecular flexibility index (Phi) is 11.6. The molecule has 0 saturated heterocycles. The zero-order valence-corrected chi connectivity index (χ0v) is 33.3. The summed E-state index contributed by atoms with van der Waals surface area (Å²) in [6.07, 6.45) is 1.65. The van der Waals surface area contributed by atoms with E-state index < -0.39 is 34.4 Å². The van der Waals surface area contributed by atoms with Crippen LogP contribution in [0.5, 0.6) is 5.75 Å². The predicted octanol–water partition coefficient (Wildman–Crippen LogP) is 9.82. The van der Waals surface area contributed by atoms with Gasteiger partial charge in [0.15, 0.2) is 22.4 Å². The van der Waals surface area contributed by atoms with Crippen LogP contribution in [0.3, 0.4) is 0 Å². The van der Waals surface area contributed by atoms with Crippen molar-refractivity contribution < 1.29 is 27.6 Å². The fraction of sp³-hybridized carbons (Fsp3) is 0.541. The number of benzene rings is 2. The lowest BCUT2D eigenvalue weighted by atomic mass is 10.1. The van der Waals surface area contributed by atoms with Crippen LogP contribution < -0.4 is 10.1 Å². The van der Waals surface area contributed by atoms with Crippen molar-refractivity contribution in [2.45, 2.75) is 110 Å². The first-order valence-electron chi connectivity index (χ1n) is 16.8. The van der Waals surface area contributed by atoms with Gasteiger partial charge in [-0.1, -0.05) is 47.6 Å². The highest BCUT2D eigenvalue weighted by atomic mass is 32.1. The molecule has 1 unspecified atom stereocenters. The van der Waals surface area contributed by atoms with Gasteiger partial charge in [0.25, 0.3) is 5.91 Å². The summed E-state index contributed by atoms with van der Waals surface area (Å²) in [5, 5.41) is 3.02. The van der Waals surface area contributed by atoms with E-state index in [9.17, 15) is 9.59 Å². The number of halogens is 1. The molecule has 0 radical (unpaired) electrons. The average molecular weight is 713 g/mol. The van der Waals surface area contributed by atoms with Crippen molar-refractivity contribution in [2.24, 2.45) is 5.92 Å². The van der Waals surface area contributed by atoms with Gasteiger partial charge in [-0.3, -0.25) is 9.59 Å². The van der Waals surface area contributed by atoms with Crippen LogP contribution in [0.2, 0.25) is 36.3 Å². The number of carbonyl (C=O) groups is 2. The first kappa shape index (κ1) is 38.1. The van der Waals surface area contributed by atoms with Gasteiger partial charge in [0.2, 0.25) is 0 Å². The van der Waals surface area contributed by atoms with Crippen LogP contribution in [0.4, 0.5) is 4.39 Å². The fourth-order valence-corrected chi connectivity index (χ4v) is 7.29. The van der Waals surface area contributed by atoms with Gasteiger partial charge in [0, 0.05) is 17.0 Å². The third-order valence-electron chi connectivity index (χ3n) is 10.1. The van der Waals surface area contributed by atoms with Crippen LogP contribution in [0.25, 0.3) is 11.3 Å². The monoisotopic (exact) mass is 712 g/mol. The van der Waals surface area contributed by atoms with Gasteiger partial charge in [0.1, 0.15) is 17.7 Å². The maximum absolute atomic E-state index is 15.5. The lowest BCUT2D eigenvalue weighted by Gasteiger charge is -2.39. The SMILES string of the molecule is CC(Oc1ccc(C(=O)C2CC2)cc1)c1cc(-c2ccc(C(=O)NC(CO[Si](C)(C)C(C)(C)C)CO[Si](C)(C)C(C)(C)C)c(F)c2)ns1. The number of carbonyl (C=O) groups excluding carboxylic acids is 2. The molecule has 262 valence electrons. The molecular formula is C37H53FN2O5SSi2. The molecule has 1 N–H and O–H groups in total. The topological polar surface area (TPSA) is 86.8 Å². The lowest BCUT2D eigenvalue weighted by molar-refractivity contribution is 0.0882. The quantitative estimate of drug-likeness (QED) is 0.132. The maximum Gasteiger partial charge on any atom is 0.254 e. The molecule has 1 aromatic heterocycles. The molecule has 0 bridgehead atoms. The van der Waals surface area contributed by atoms with Crippen molar-refractivity contribution in [3.63, 3.8) is 0 Å².